The van der Waals surface area contributed by atoms with Gasteiger partial charge in [0.25, 0.3) is 0 Å². The summed E-state index contributed by atoms with van der Waals surface area (Å²) in [5.74, 6) is -0.885. The Morgan fingerprint density at radius 3 is 2.89 bits per heavy atom. The average Bonchev–Trinajstić information content (AvgIpc) is 2.38. The Kier molecular flexibility index (Phi) is 5.28. The summed E-state index contributed by atoms with van der Waals surface area (Å²) >= 11 is 0. The molecule has 1 atom stereocenters. The molecule has 0 aromatic heterocycles. The van der Waals surface area contributed by atoms with Crippen LogP contribution in [0, 0.1) is 17.1 Å². The minimum absolute atomic E-state index is 0.0124. The number of nitrogens with zero attached hydrogens (tertiary/aromatic N) is 1. The second-order valence-electron chi connectivity index (χ2n) is 3.94. The van der Waals surface area contributed by atoms with Crippen LogP contribution in [0.4, 0.5) is 10.1 Å². The molecule has 0 aliphatic carbocycles. The Hall–Kier alpha value is -1.93. The van der Waals surface area contributed by atoms with E-state index >= 15 is 0 Å². The number of benzene rings is 1. The van der Waals surface area contributed by atoms with Crippen molar-refractivity contribution < 1.29 is 13.9 Å². The molecule has 1 amide bonds. The van der Waals surface area contributed by atoms with Gasteiger partial charge in [0.2, 0.25) is 5.91 Å². The van der Waals surface area contributed by atoms with Gasteiger partial charge >= 0.3 is 0 Å². The van der Waals surface area contributed by atoms with Crippen molar-refractivity contribution in [3.05, 3.63) is 29.6 Å². The lowest BCUT2D eigenvalue weighted by Crippen LogP contribution is -2.15. The summed E-state index contributed by atoms with van der Waals surface area (Å²) in [5.41, 5.74) is 0.308. The van der Waals surface area contributed by atoms with Crippen molar-refractivity contribution in [2.45, 2.75) is 25.9 Å². The van der Waals surface area contributed by atoms with Gasteiger partial charge in [-0.25, -0.2) is 4.39 Å². The Balaban J connectivity index is 2.57. The minimum Gasteiger partial charge on any atom is -0.382 e. The third-order valence-corrected chi connectivity index (χ3v) is 2.55. The maximum Gasteiger partial charge on any atom is 0.224 e. The number of hydrogen-bond acceptors (Lipinski definition) is 3. The molecule has 0 fully saturated rings. The van der Waals surface area contributed by atoms with E-state index in [9.17, 15) is 9.18 Å². The van der Waals surface area contributed by atoms with E-state index in [0.717, 1.165) is 6.07 Å². The molecule has 1 aromatic rings. The molecule has 4 nitrogen and oxygen atoms in total. The van der Waals surface area contributed by atoms with Crippen LogP contribution in [0.5, 0.6) is 0 Å². The van der Waals surface area contributed by atoms with E-state index < -0.39 is 5.82 Å². The van der Waals surface area contributed by atoms with E-state index in [4.69, 9.17) is 10.00 Å². The minimum atomic E-state index is -0.609. The summed E-state index contributed by atoms with van der Waals surface area (Å²) in [7, 11) is 1.57. The number of carbonyl (C=O) groups excluding carboxylic acids is 1. The highest BCUT2D eigenvalue weighted by Gasteiger charge is 2.09. The Labute approximate surface area is 105 Å². The van der Waals surface area contributed by atoms with Gasteiger partial charge in [-0.15, -0.1) is 0 Å². The molecule has 18 heavy (non-hydrogen) atoms. The third-order valence-electron chi connectivity index (χ3n) is 2.55. The summed E-state index contributed by atoms with van der Waals surface area (Å²) in [6, 6.07) is 5.75. The normalized spacial score (nSPS) is 11.7. The molecule has 1 rings (SSSR count). The highest BCUT2D eigenvalue weighted by atomic mass is 19.1. The molecule has 0 bridgehead atoms. The number of hydrogen-bond donors (Lipinski definition) is 1. The molecule has 0 radical (unpaired) electrons. The standard InChI is InChI=1S/C13H15FN2O2/c1-9(18-2)3-6-13(17)16-12-5-4-10(8-15)7-11(12)14/h4-5,7,9H,3,6H2,1-2H3,(H,16,17). The summed E-state index contributed by atoms with van der Waals surface area (Å²) < 4.78 is 18.5. The number of anilines is 1. The molecule has 0 heterocycles. The van der Waals surface area contributed by atoms with Gasteiger partial charge in [0.05, 0.1) is 23.4 Å². The molecule has 5 heteroatoms. The summed E-state index contributed by atoms with van der Waals surface area (Å²) in [6.45, 7) is 1.86. The SMILES string of the molecule is COC(C)CCC(=O)Nc1ccc(C#N)cc1F. The largest absolute Gasteiger partial charge is 0.382 e. The van der Waals surface area contributed by atoms with Crippen LogP contribution in [0.15, 0.2) is 18.2 Å². The second kappa shape index (κ2) is 6.72. The first-order valence-corrected chi connectivity index (χ1v) is 5.59. The molecule has 1 N–H and O–H groups in total. The van der Waals surface area contributed by atoms with E-state index in [1.807, 2.05) is 13.0 Å². The second-order valence-corrected chi connectivity index (χ2v) is 3.94. The maximum atomic E-state index is 13.5. The van der Waals surface area contributed by atoms with Gasteiger partial charge in [0, 0.05) is 13.5 Å². The average molecular weight is 250 g/mol. The quantitative estimate of drug-likeness (QED) is 0.873. The van der Waals surface area contributed by atoms with Gasteiger partial charge in [0.1, 0.15) is 5.82 Å². The van der Waals surface area contributed by atoms with E-state index in [-0.39, 0.29) is 29.7 Å². The lowest BCUT2D eigenvalue weighted by molar-refractivity contribution is -0.116. The molecular weight excluding hydrogens is 235 g/mol. The molecule has 1 aromatic carbocycles. The van der Waals surface area contributed by atoms with Crippen LogP contribution >= 0.6 is 0 Å². The smallest absolute Gasteiger partial charge is 0.224 e. The molecule has 0 aliphatic rings. The lowest BCUT2D eigenvalue weighted by Gasteiger charge is -2.09. The fourth-order valence-electron chi connectivity index (χ4n) is 1.35. The van der Waals surface area contributed by atoms with Crippen LogP contribution in [0.3, 0.4) is 0 Å². The Morgan fingerprint density at radius 1 is 1.61 bits per heavy atom. The van der Waals surface area contributed by atoms with Crippen LogP contribution in [-0.2, 0) is 9.53 Å². The van der Waals surface area contributed by atoms with Crippen molar-refractivity contribution >= 4 is 11.6 Å². The predicted octanol–water partition coefficient (Wildman–Crippen LogP) is 2.45. The first kappa shape index (κ1) is 14.1. The van der Waals surface area contributed by atoms with Crippen molar-refractivity contribution in [3.63, 3.8) is 0 Å². The monoisotopic (exact) mass is 250 g/mol. The number of methoxy groups -OCH3 is 1. The van der Waals surface area contributed by atoms with E-state index in [1.54, 1.807) is 7.11 Å². The van der Waals surface area contributed by atoms with Gasteiger partial charge in [-0.3, -0.25) is 4.79 Å². The zero-order valence-electron chi connectivity index (χ0n) is 10.4. The van der Waals surface area contributed by atoms with E-state index in [2.05, 4.69) is 5.32 Å². The maximum absolute atomic E-state index is 13.5. The van der Waals surface area contributed by atoms with Gasteiger partial charge in [0.15, 0.2) is 0 Å². The Morgan fingerprint density at radius 2 is 2.33 bits per heavy atom. The molecule has 96 valence electrons. The van der Waals surface area contributed by atoms with Crippen LogP contribution in [0.2, 0.25) is 0 Å². The topological polar surface area (TPSA) is 62.1 Å². The number of carbonyl (C=O) groups is 1. The zero-order chi connectivity index (χ0) is 13.5. The van der Waals surface area contributed by atoms with Crippen LogP contribution < -0.4 is 5.32 Å². The Bertz CT molecular complexity index is 469. The summed E-state index contributed by atoms with van der Waals surface area (Å²) in [6.07, 6.45) is 0.816. The number of halogens is 1. The van der Waals surface area contributed by atoms with Gasteiger partial charge in [-0.2, -0.15) is 5.26 Å². The third kappa shape index (κ3) is 4.15. The first-order valence-electron chi connectivity index (χ1n) is 5.59. The summed E-state index contributed by atoms with van der Waals surface area (Å²) in [4.78, 5) is 11.5. The van der Waals surface area contributed by atoms with Crippen molar-refractivity contribution in [1.82, 2.24) is 0 Å². The summed E-state index contributed by atoms with van der Waals surface area (Å²) in [5, 5.41) is 11.1. The number of amides is 1. The van der Waals surface area contributed by atoms with Gasteiger partial charge in [-0.1, -0.05) is 0 Å². The fourth-order valence-corrected chi connectivity index (χ4v) is 1.35. The molecule has 0 spiro atoms. The number of ether oxygens (including phenoxy) is 1. The number of rotatable bonds is 5. The van der Waals surface area contributed by atoms with E-state index in [0.29, 0.717) is 6.42 Å². The van der Waals surface area contributed by atoms with Gasteiger partial charge in [-0.05, 0) is 31.5 Å². The number of nitriles is 1. The molecule has 0 aliphatic heterocycles. The van der Waals surface area contributed by atoms with Gasteiger partial charge < -0.3 is 10.1 Å². The number of nitrogens with one attached hydrogen (secondary N) is 1. The van der Waals surface area contributed by atoms with Crippen molar-refractivity contribution in [2.24, 2.45) is 0 Å². The van der Waals surface area contributed by atoms with Crippen LogP contribution in [0.1, 0.15) is 25.3 Å². The molecule has 0 saturated carbocycles. The molecule has 0 saturated heterocycles. The lowest BCUT2D eigenvalue weighted by atomic mass is 10.2. The van der Waals surface area contributed by atoms with Crippen molar-refractivity contribution in [2.75, 3.05) is 12.4 Å². The van der Waals surface area contributed by atoms with Crippen molar-refractivity contribution in [1.29, 1.82) is 5.26 Å². The fraction of sp³-hybridized carbons (Fsp3) is 0.385. The zero-order valence-corrected chi connectivity index (χ0v) is 10.4. The van der Waals surface area contributed by atoms with Crippen LogP contribution in [0.25, 0.3) is 0 Å². The predicted molar refractivity (Wildman–Crippen MR) is 65.4 cm³/mol. The van der Waals surface area contributed by atoms with Crippen molar-refractivity contribution in [3.8, 4) is 6.07 Å². The van der Waals surface area contributed by atoms with Crippen LogP contribution in [-0.4, -0.2) is 19.1 Å². The highest BCUT2D eigenvalue weighted by Crippen LogP contribution is 2.16. The highest BCUT2D eigenvalue weighted by molar-refractivity contribution is 5.90. The first-order chi connectivity index (χ1) is 8.56. The molecular formula is C13H15FN2O2. The molecule has 1 unspecified atom stereocenters. The van der Waals surface area contributed by atoms with E-state index in [1.165, 1.54) is 12.1 Å².